The number of hydrogen-bond acceptors (Lipinski definition) is 1. The number of nitrogens with one attached hydrogen (secondary N) is 1. The molecular formula is C18H28BrN. The van der Waals surface area contributed by atoms with E-state index in [0.29, 0.717) is 12.1 Å². The van der Waals surface area contributed by atoms with Crippen LogP contribution < -0.4 is 5.32 Å². The topological polar surface area (TPSA) is 12.0 Å². The first kappa shape index (κ1) is 16.0. The van der Waals surface area contributed by atoms with Gasteiger partial charge in [-0.15, -0.1) is 0 Å². The summed E-state index contributed by atoms with van der Waals surface area (Å²) in [5.74, 6) is 1.76. The molecule has 0 bridgehead atoms. The summed E-state index contributed by atoms with van der Waals surface area (Å²) in [6.07, 6.45) is 6.90. The average molecular weight is 338 g/mol. The smallest absolute Gasteiger partial charge is 0.0305 e. The van der Waals surface area contributed by atoms with Gasteiger partial charge in [0.15, 0.2) is 0 Å². The first-order valence-corrected chi connectivity index (χ1v) is 8.86. The molecule has 0 saturated heterocycles. The fourth-order valence-corrected chi connectivity index (χ4v) is 4.22. The number of halogens is 1. The molecule has 2 heteroatoms. The fourth-order valence-electron chi connectivity index (χ4n) is 3.59. The highest BCUT2D eigenvalue weighted by molar-refractivity contribution is 9.10. The van der Waals surface area contributed by atoms with Gasteiger partial charge in [0.2, 0.25) is 0 Å². The zero-order chi connectivity index (χ0) is 14.5. The molecule has 2 rings (SSSR count). The van der Waals surface area contributed by atoms with Crippen molar-refractivity contribution in [2.24, 2.45) is 11.8 Å². The molecule has 1 aromatic rings. The Balaban J connectivity index is 1.91. The van der Waals surface area contributed by atoms with Crippen molar-refractivity contribution in [2.45, 2.75) is 65.0 Å². The molecule has 0 aromatic heterocycles. The van der Waals surface area contributed by atoms with Crippen LogP contribution in [0.1, 0.15) is 64.5 Å². The lowest BCUT2D eigenvalue weighted by atomic mass is 9.81. The van der Waals surface area contributed by atoms with Gasteiger partial charge < -0.3 is 5.32 Å². The third kappa shape index (κ3) is 4.60. The molecule has 0 amide bonds. The number of hydrogen-bond donors (Lipinski definition) is 1. The minimum absolute atomic E-state index is 0.424. The van der Waals surface area contributed by atoms with E-state index < -0.39 is 0 Å². The maximum atomic E-state index is 3.85. The van der Waals surface area contributed by atoms with Crippen LogP contribution in [-0.2, 0) is 0 Å². The van der Waals surface area contributed by atoms with Crippen molar-refractivity contribution in [1.82, 2.24) is 5.32 Å². The normalized spacial score (nSPS) is 24.9. The standard InChI is InChI=1S/C18H28BrN/c1-13(2)11-15-7-6-8-16(12-15)20-14(3)17-9-4-5-10-18(17)19/h4-5,9-10,13-16,20H,6-8,11-12H2,1-3H3. The molecule has 0 radical (unpaired) electrons. The van der Waals surface area contributed by atoms with Gasteiger partial charge in [-0.3, -0.25) is 0 Å². The van der Waals surface area contributed by atoms with Crippen molar-refractivity contribution in [3.05, 3.63) is 34.3 Å². The predicted molar refractivity (Wildman–Crippen MR) is 90.9 cm³/mol. The number of benzene rings is 1. The second kappa shape index (κ2) is 7.61. The van der Waals surface area contributed by atoms with E-state index >= 15 is 0 Å². The Morgan fingerprint density at radius 3 is 2.65 bits per heavy atom. The van der Waals surface area contributed by atoms with Gasteiger partial charge in [-0.1, -0.05) is 60.8 Å². The van der Waals surface area contributed by atoms with Crippen molar-refractivity contribution in [1.29, 1.82) is 0 Å². The summed E-state index contributed by atoms with van der Waals surface area (Å²) in [7, 11) is 0. The van der Waals surface area contributed by atoms with Crippen LogP contribution in [0.2, 0.25) is 0 Å². The summed E-state index contributed by atoms with van der Waals surface area (Å²) in [6, 6.07) is 9.68. The minimum Gasteiger partial charge on any atom is -0.307 e. The van der Waals surface area contributed by atoms with E-state index in [0.717, 1.165) is 11.8 Å². The minimum atomic E-state index is 0.424. The van der Waals surface area contributed by atoms with Crippen LogP contribution in [0.15, 0.2) is 28.7 Å². The Kier molecular flexibility index (Phi) is 6.10. The Bertz CT molecular complexity index is 416. The van der Waals surface area contributed by atoms with E-state index in [1.165, 1.54) is 42.1 Å². The van der Waals surface area contributed by atoms with E-state index in [4.69, 9.17) is 0 Å². The third-order valence-corrected chi connectivity index (χ3v) is 5.17. The van der Waals surface area contributed by atoms with Crippen LogP contribution in [0.3, 0.4) is 0 Å². The lowest BCUT2D eigenvalue weighted by Crippen LogP contribution is -2.36. The molecule has 1 saturated carbocycles. The van der Waals surface area contributed by atoms with Crippen LogP contribution in [0.25, 0.3) is 0 Å². The zero-order valence-corrected chi connectivity index (χ0v) is 14.6. The Labute approximate surface area is 132 Å². The molecule has 20 heavy (non-hydrogen) atoms. The summed E-state index contributed by atoms with van der Waals surface area (Å²) in [5.41, 5.74) is 1.37. The lowest BCUT2D eigenvalue weighted by molar-refractivity contribution is 0.242. The quantitative estimate of drug-likeness (QED) is 0.726. The molecule has 1 N–H and O–H groups in total. The molecule has 1 fully saturated rings. The van der Waals surface area contributed by atoms with Crippen LogP contribution in [-0.4, -0.2) is 6.04 Å². The third-order valence-electron chi connectivity index (χ3n) is 4.44. The van der Waals surface area contributed by atoms with Crippen molar-refractivity contribution < 1.29 is 0 Å². The van der Waals surface area contributed by atoms with Crippen molar-refractivity contribution in [3.63, 3.8) is 0 Å². The van der Waals surface area contributed by atoms with Crippen molar-refractivity contribution in [2.75, 3.05) is 0 Å². The molecule has 1 aromatic carbocycles. The van der Waals surface area contributed by atoms with Gasteiger partial charge in [-0.25, -0.2) is 0 Å². The van der Waals surface area contributed by atoms with Gasteiger partial charge >= 0.3 is 0 Å². The maximum Gasteiger partial charge on any atom is 0.0305 e. The molecule has 1 aliphatic carbocycles. The van der Waals surface area contributed by atoms with Gasteiger partial charge in [-0.05, 0) is 49.7 Å². The summed E-state index contributed by atoms with van der Waals surface area (Å²) in [4.78, 5) is 0. The van der Waals surface area contributed by atoms with Crippen LogP contribution in [0, 0.1) is 11.8 Å². The highest BCUT2D eigenvalue weighted by Crippen LogP contribution is 2.31. The summed E-state index contributed by atoms with van der Waals surface area (Å²) >= 11 is 3.67. The Morgan fingerprint density at radius 1 is 1.20 bits per heavy atom. The summed E-state index contributed by atoms with van der Waals surface area (Å²) in [6.45, 7) is 6.98. The Morgan fingerprint density at radius 2 is 1.95 bits per heavy atom. The maximum absolute atomic E-state index is 3.85. The molecule has 3 atom stereocenters. The van der Waals surface area contributed by atoms with Gasteiger partial charge in [0.1, 0.15) is 0 Å². The molecule has 1 aliphatic rings. The molecule has 3 unspecified atom stereocenters. The summed E-state index contributed by atoms with van der Waals surface area (Å²) in [5, 5.41) is 3.85. The molecule has 1 nitrogen and oxygen atoms in total. The first-order chi connectivity index (χ1) is 9.56. The van der Waals surface area contributed by atoms with E-state index in [1.54, 1.807) is 0 Å². The van der Waals surface area contributed by atoms with Crippen LogP contribution >= 0.6 is 15.9 Å². The monoisotopic (exact) mass is 337 g/mol. The second-order valence-corrected chi connectivity index (χ2v) is 7.62. The molecule has 0 aliphatic heterocycles. The van der Waals surface area contributed by atoms with Crippen LogP contribution in [0.5, 0.6) is 0 Å². The van der Waals surface area contributed by atoms with E-state index in [-0.39, 0.29) is 0 Å². The molecule has 0 heterocycles. The van der Waals surface area contributed by atoms with E-state index in [2.05, 4.69) is 66.3 Å². The zero-order valence-electron chi connectivity index (χ0n) is 13.0. The van der Waals surface area contributed by atoms with Gasteiger partial charge in [0.05, 0.1) is 0 Å². The van der Waals surface area contributed by atoms with E-state index in [9.17, 15) is 0 Å². The largest absolute Gasteiger partial charge is 0.307 e. The average Bonchev–Trinajstić information content (AvgIpc) is 2.38. The Hall–Kier alpha value is -0.340. The van der Waals surface area contributed by atoms with Gasteiger partial charge in [0.25, 0.3) is 0 Å². The lowest BCUT2D eigenvalue weighted by Gasteiger charge is -2.33. The van der Waals surface area contributed by atoms with Crippen molar-refractivity contribution >= 4 is 15.9 Å². The van der Waals surface area contributed by atoms with E-state index in [1.807, 2.05) is 0 Å². The highest BCUT2D eigenvalue weighted by atomic mass is 79.9. The predicted octanol–water partition coefficient (Wildman–Crippen LogP) is 5.70. The molecular weight excluding hydrogens is 310 g/mol. The summed E-state index contributed by atoms with van der Waals surface area (Å²) < 4.78 is 1.22. The van der Waals surface area contributed by atoms with Crippen LogP contribution in [0.4, 0.5) is 0 Å². The second-order valence-electron chi connectivity index (χ2n) is 6.77. The van der Waals surface area contributed by atoms with Crippen molar-refractivity contribution in [3.8, 4) is 0 Å². The number of rotatable bonds is 5. The highest BCUT2D eigenvalue weighted by Gasteiger charge is 2.24. The fraction of sp³-hybridized carbons (Fsp3) is 0.667. The van der Waals surface area contributed by atoms with Gasteiger partial charge in [0, 0.05) is 16.6 Å². The molecule has 0 spiro atoms. The SMILES string of the molecule is CC(C)CC1CCCC(NC(C)c2ccccc2Br)C1. The first-order valence-electron chi connectivity index (χ1n) is 8.06. The molecule has 112 valence electrons. The van der Waals surface area contributed by atoms with Gasteiger partial charge in [-0.2, -0.15) is 0 Å².